The van der Waals surface area contributed by atoms with E-state index < -0.39 is 6.04 Å². The molecule has 4 N–H and O–H groups in total. The zero-order chi connectivity index (χ0) is 15.5. The summed E-state index contributed by atoms with van der Waals surface area (Å²) in [4.78, 5) is 23.6. The third-order valence-electron chi connectivity index (χ3n) is 2.93. The summed E-state index contributed by atoms with van der Waals surface area (Å²) >= 11 is 6.02. The van der Waals surface area contributed by atoms with Gasteiger partial charge in [0.05, 0.1) is 16.8 Å². The number of nitrogens with one attached hydrogen (secondary N) is 2. The summed E-state index contributed by atoms with van der Waals surface area (Å²) < 4.78 is 0. The lowest BCUT2D eigenvalue weighted by Crippen LogP contribution is -2.45. The number of anilines is 1. The number of carbonyl (C=O) groups excluding carboxylic acids is 2. The average molecular weight is 298 g/mol. The Morgan fingerprint density at radius 2 is 1.90 bits per heavy atom. The molecule has 0 aliphatic rings. The normalized spacial score (nSPS) is 12.7. The zero-order valence-electron chi connectivity index (χ0n) is 12.1. The van der Waals surface area contributed by atoms with Gasteiger partial charge in [-0.15, -0.1) is 0 Å². The van der Waals surface area contributed by atoms with E-state index in [4.69, 9.17) is 17.3 Å². The zero-order valence-corrected chi connectivity index (χ0v) is 12.8. The molecule has 5 nitrogen and oxygen atoms in total. The predicted molar refractivity (Wildman–Crippen MR) is 80.9 cm³/mol. The minimum atomic E-state index is -0.678. The van der Waals surface area contributed by atoms with Gasteiger partial charge >= 0.3 is 0 Å². The Balaban J connectivity index is 2.97. The maximum Gasteiger partial charge on any atom is 0.251 e. The minimum absolute atomic E-state index is 0.253. The number of hydrogen-bond donors (Lipinski definition) is 3. The van der Waals surface area contributed by atoms with Crippen LogP contribution < -0.4 is 16.4 Å². The SMILES string of the molecule is CNC(=O)c1ccc(Cl)c(NC(=O)C(N)C(C)(C)C)c1. The summed E-state index contributed by atoms with van der Waals surface area (Å²) in [6.45, 7) is 5.62. The van der Waals surface area contributed by atoms with Crippen molar-refractivity contribution < 1.29 is 9.59 Å². The van der Waals surface area contributed by atoms with Crippen molar-refractivity contribution in [2.45, 2.75) is 26.8 Å². The molecule has 6 heteroatoms. The highest BCUT2D eigenvalue weighted by atomic mass is 35.5. The molecule has 1 unspecified atom stereocenters. The molecule has 110 valence electrons. The van der Waals surface area contributed by atoms with Gasteiger partial charge in [0.2, 0.25) is 5.91 Å². The van der Waals surface area contributed by atoms with Crippen LogP contribution >= 0.6 is 11.6 Å². The van der Waals surface area contributed by atoms with Crippen molar-refractivity contribution in [3.8, 4) is 0 Å². The van der Waals surface area contributed by atoms with Crippen molar-refractivity contribution in [2.75, 3.05) is 12.4 Å². The quantitative estimate of drug-likeness (QED) is 0.798. The van der Waals surface area contributed by atoms with Crippen molar-refractivity contribution in [3.63, 3.8) is 0 Å². The average Bonchev–Trinajstić information content (AvgIpc) is 2.38. The highest BCUT2D eigenvalue weighted by Gasteiger charge is 2.27. The molecule has 2 amide bonds. The van der Waals surface area contributed by atoms with Gasteiger partial charge in [-0.25, -0.2) is 0 Å². The maximum absolute atomic E-state index is 12.1. The largest absolute Gasteiger partial charge is 0.355 e. The molecule has 20 heavy (non-hydrogen) atoms. The van der Waals surface area contributed by atoms with E-state index in [2.05, 4.69) is 10.6 Å². The van der Waals surface area contributed by atoms with Crippen LogP contribution in [0, 0.1) is 5.41 Å². The summed E-state index contributed by atoms with van der Waals surface area (Å²) in [5.41, 5.74) is 6.30. The molecule has 0 heterocycles. The second kappa shape index (κ2) is 6.24. The van der Waals surface area contributed by atoms with Crippen molar-refractivity contribution in [1.29, 1.82) is 0 Å². The van der Waals surface area contributed by atoms with Gasteiger partial charge in [-0.3, -0.25) is 9.59 Å². The first-order valence-electron chi connectivity index (χ1n) is 6.25. The number of hydrogen-bond acceptors (Lipinski definition) is 3. The maximum atomic E-state index is 12.1. The Labute approximate surface area is 123 Å². The van der Waals surface area contributed by atoms with Crippen LogP contribution in [0.2, 0.25) is 5.02 Å². The second-order valence-corrected chi connectivity index (χ2v) is 6.01. The molecule has 1 atom stereocenters. The molecule has 0 aliphatic heterocycles. The minimum Gasteiger partial charge on any atom is -0.355 e. The van der Waals surface area contributed by atoms with E-state index in [1.54, 1.807) is 12.1 Å². The van der Waals surface area contributed by atoms with Crippen LogP contribution in [-0.2, 0) is 4.79 Å². The van der Waals surface area contributed by atoms with Crippen LogP contribution in [0.4, 0.5) is 5.69 Å². The van der Waals surface area contributed by atoms with E-state index in [1.165, 1.54) is 13.1 Å². The molecule has 0 aliphatic carbocycles. The lowest BCUT2D eigenvalue weighted by atomic mass is 9.87. The molecular formula is C14H20ClN3O2. The first-order chi connectivity index (χ1) is 9.16. The Hall–Kier alpha value is -1.59. The van der Waals surface area contributed by atoms with Gasteiger partial charge in [0.1, 0.15) is 0 Å². The number of amides is 2. The standard InChI is InChI=1S/C14H20ClN3O2/c1-14(2,3)11(16)13(20)18-10-7-8(12(19)17-4)5-6-9(10)15/h5-7,11H,16H2,1-4H3,(H,17,19)(H,18,20). The van der Waals surface area contributed by atoms with Crippen LogP contribution in [0.15, 0.2) is 18.2 Å². The van der Waals surface area contributed by atoms with Crippen LogP contribution in [0.3, 0.4) is 0 Å². The van der Waals surface area contributed by atoms with Crippen LogP contribution in [0.1, 0.15) is 31.1 Å². The molecular weight excluding hydrogens is 278 g/mol. The third-order valence-corrected chi connectivity index (χ3v) is 3.26. The molecule has 0 saturated carbocycles. The fraction of sp³-hybridized carbons (Fsp3) is 0.429. The highest BCUT2D eigenvalue weighted by Crippen LogP contribution is 2.25. The number of benzene rings is 1. The van der Waals surface area contributed by atoms with E-state index in [-0.39, 0.29) is 17.2 Å². The Morgan fingerprint density at radius 3 is 2.40 bits per heavy atom. The Bertz CT molecular complexity index is 524. The van der Waals surface area contributed by atoms with Crippen LogP contribution in [0.25, 0.3) is 0 Å². The van der Waals surface area contributed by atoms with Crippen molar-refractivity contribution in [2.24, 2.45) is 11.1 Å². The lowest BCUT2D eigenvalue weighted by molar-refractivity contribution is -0.119. The molecule has 1 rings (SSSR count). The van der Waals surface area contributed by atoms with Gasteiger partial charge in [0.15, 0.2) is 0 Å². The van der Waals surface area contributed by atoms with Gasteiger partial charge in [-0.2, -0.15) is 0 Å². The number of rotatable bonds is 3. The molecule has 0 spiro atoms. The Morgan fingerprint density at radius 1 is 1.30 bits per heavy atom. The number of nitrogens with two attached hydrogens (primary N) is 1. The molecule has 0 fully saturated rings. The molecule has 0 radical (unpaired) electrons. The van der Waals surface area contributed by atoms with Crippen molar-refractivity contribution in [1.82, 2.24) is 5.32 Å². The molecule has 0 saturated heterocycles. The van der Waals surface area contributed by atoms with Gasteiger partial charge < -0.3 is 16.4 Å². The summed E-state index contributed by atoms with van der Waals surface area (Å²) in [5, 5.41) is 5.52. The second-order valence-electron chi connectivity index (χ2n) is 5.61. The Kier molecular flexibility index (Phi) is 5.14. The summed E-state index contributed by atoms with van der Waals surface area (Å²) in [5.74, 6) is -0.592. The predicted octanol–water partition coefficient (Wildman–Crippen LogP) is 2.01. The third kappa shape index (κ3) is 3.95. The summed E-state index contributed by atoms with van der Waals surface area (Å²) in [7, 11) is 1.53. The van der Waals surface area contributed by atoms with Gasteiger partial charge in [-0.05, 0) is 23.6 Å². The summed E-state index contributed by atoms with van der Waals surface area (Å²) in [6.07, 6.45) is 0. The first-order valence-corrected chi connectivity index (χ1v) is 6.62. The van der Waals surface area contributed by atoms with E-state index in [1.807, 2.05) is 20.8 Å². The fourth-order valence-corrected chi connectivity index (χ4v) is 1.68. The van der Waals surface area contributed by atoms with Gasteiger partial charge in [0.25, 0.3) is 5.91 Å². The van der Waals surface area contributed by atoms with Crippen molar-refractivity contribution in [3.05, 3.63) is 28.8 Å². The van der Waals surface area contributed by atoms with Crippen LogP contribution in [-0.4, -0.2) is 24.9 Å². The smallest absolute Gasteiger partial charge is 0.251 e. The number of carbonyl (C=O) groups is 2. The molecule has 0 aromatic heterocycles. The van der Waals surface area contributed by atoms with E-state index in [9.17, 15) is 9.59 Å². The number of halogens is 1. The molecule has 0 bridgehead atoms. The first kappa shape index (κ1) is 16.5. The van der Waals surface area contributed by atoms with E-state index in [0.29, 0.717) is 16.3 Å². The topological polar surface area (TPSA) is 84.2 Å². The molecule has 1 aromatic rings. The highest BCUT2D eigenvalue weighted by molar-refractivity contribution is 6.34. The lowest BCUT2D eigenvalue weighted by Gasteiger charge is -2.26. The summed E-state index contributed by atoms with van der Waals surface area (Å²) in [6, 6.07) is 3.99. The monoisotopic (exact) mass is 297 g/mol. The van der Waals surface area contributed by atoms with E-state index in [0.717, 1.165) is 0 Å². The van der Waals surface area contributed by atoms with E-state index >= 15 is 0 Å². The van der Waals surface area contributed by atoms with Crippen molar-refractivity contribution >= 4 is 29.1 Å². The van der Waals surface area contributed by atoms with Crippen LogP contribution in [0.5, 0.6) is 0 Å². The fourth-order valence-electron chi connectivity index (χ4n) is 1.51. The van der Waals surface area contributed by atoms with Gasteiger partial charge in [-0.1, -0.05) is 32.4 Å². The van der Waals surface area contributed by atoms with Gasteiger partial charge in [0, 0.05) is 12.6 Å². The molecule has 1 aromatic carbocycles.